The molecule has 6 fully saturated rings. The first-order valence-electron chi connectivity index (χ1n) is 20.4. The standard InChI is InChI=1S/C22H23N5O2.C13H18N4O2.C7H14N2/c28-21(26-29)17-9-24-22(25-10-17)27-12-19-18(20(19)13-27)11-23-8-14-5-6-15-3-1-2-4-16(15)7-14;1-2-19-12(18)8-4-15-13(16-5-8)17-6-10-9(3-14)11(10)7-17;1-8-2-5-6-3-9-4-7(5)6/h1-7,9-10,18-20,23,29H,8,11-13H2,(H,26,28);4-5,9-11H,2-3,6-7,14H2,1H3;5-9H,2-4H2,1H3. The normalized spacial score (nSPS) is 28.2. The van der Waals surface area contributed by atoms with Crippen LogP contribution in [0.5, 0.6) is 0 Å². The van der Waals surface area contributed by atoms with Crippen LogP contribution in [0.25, 0.3) is 10.8 Å². The maximum atomic E-state index is 11.5. The predicted octanol–water partition coefficient (Wildman–Crippen LogP) is 2.19. The summed E-state index contributed by atoms with van der Waals surface area (Å²) in [7, 11) is 2.04. The summed E-state index contributed by atoms with van der Waals surface area (Å²) in [5, 5.41) is 21.5. The number of esters is 1. The molecular formula is C42H55N11O4. The van der Waals surface area contributed by atoms with Crippen molar-refractivity contribution in [2.45, 2.75) is 13.5 Å². The van der Waals surface area contributed by atoms with Crippen LogP contribution in [0.4, 0.5) is 11.9 Å². The summed E-state index contributed by atoms with van der Waals surface area (Å²) in [6.45, 7) is 12.5. The zero-order valence-electron chi connectivity index (χ0n) is 32.8. The Labute approximate surface area is 333 Å². The second kappa shape index (κ2) is 17.4. The smallest absolute Gasteiger partial charge is 0.341 e. The SMILES string of the molecule is CCOC(=O)c1cnc(N2CC3C(CN)C3C2)nc1.CNCC1C2CNCC12.O=C(NO)c1cnc(N2CC3C(CNCc4ccc5ccccc5c4)C3C2)nc1. The molecule has 10 rings (SSSR count). The highest BCUT2D eigenvalue weighted by atomic mass is 16.5. The number of aromatic nitrogens is 4. The highest BCUT2D eigenvalue weighted by Gasteiger charge is 2.56. The molecule has 57 heavy (non-hydrogen) atoms. The first-order chi connectivity index (χ1) is 27.9. The van der Waals surface area contributed by atoms with Crippen LogP contribution in [-0.2, 0) is 11.3 Å². The van der Waals surface area contributed by atoms with E-state index >= 15 is 0 Å². The van der Waals surface area contributed by atoms with Gasteiger partial charge in [-0.1, -0.05) is 36.4 Å². The van der Waals surface area contributed by atoms with Crippen molar-refractivity contribution >= 4 is 34.5 Å². The molecule has 7 N–H and O–H groups in total. The van der Waals surface area contributed by atoms with Gasteiger partial charge < -0.3 is 36.2 Å². The zero-order chi connectivity index (χ0) is 39.5. The topological polar surface area (TPSA) is 196 Å². The number of fused-ring (bicyclic) bond motifs is 4. The number of anilines is 2. The molecule has 5 heterocycles. The van der Waals surface area contributed by atoms with Crippen molar-refractivity contribution in [2.75, 3.05) is 82.4 Å². The summed E-state index contributed by atoms with van der Waals surface area (Å²) in [5.41, 5.74) is 9.24. The number of ether oxygens (including phenoxy) is 1. The Balaban J connectivity index is 0.000000138. The van der Waals surface area contributed by atoms with Gasteiger partial charge in [0, 0.05) is 57.5 Å². The summed E-state index contributed by atoms with van der Waals surface area (Å²) < 4.78 is 4.90. The quantitative estimate of drug-likeness (QED) is 0.0696. The number of amides is 1. The van der Waals surface area contributed by atoms with Gasteiger partial charge >= 0.3 is 5.97 Å². The Morgan fingerprint density at radius 2 is 1.35 bits per heavy atom. The molecule has 3 aliphatic heterocycles. The van der Waals surface area contributed by atoms with E-state index in [-0.39, 0.29) is 11.5 Å². The van der Waals surface area contributed by atoms with Gasteiger partial charge in [-0.2, -0.15) is 0 Å². The van der Waals surface area contributed by atoms with Gasteiger partial charge in [0.15, 0.2) is 0 Å². The number of rotatable bonds is 12. The molecule has 15 nitrogen and oxygen atoms in total. The summed E-state index contributed by atoms with van der Waals surface area (Å²) in [6.07, 6.45) is 5.95. The first kappa shape index (κ1) is 39.0. The lowest BCUT2D eigenvalue weighted by molar-refractivity contribution is 0.0525. The number of benzene rings is 2. The number of hydrogen-bond donors (Lipinski definition) is 6. The largest absolute Gasteiger partial charge is 0.462 e. The fraction of sp³-hybridized carbons (Fsp3) is 0.524. The van der Waals surface area contributed by atoms with Crippen LogP contribution >= 0.6 is 0 Å². The van der Waals surface area contributed by atoms with Gasteiger partial charge in [0.2, 0.25) is 11.9 Å². The van der Waals surface area contributed by atoms with Gasteiger partial charge in [-0.3, -0.25) is 10.0 Å². The van der Waals surface area contributed by atoms with Crippen LogP contribution in [0.1, 0.15) is 33.2 Å². The predicted molar refractivity (Wildman–Crippen MR) is 217 cm³/mol. The van der Waals surface area contributed by atoms with Crippen molar-refractivity contribution in [2.24, 2.45) is 59.0 Å². The zero-order valence-corrected chi connectivity index (χ0v) is 32.8. The molecule has 6 unspecified atom stereocenters. The molecule has 2 aromatic carbocycles. The number of nitrogens with zero attached hydrogens (tertiary/aromatic N) is 6. The van der Waals surface area contributed by atoms with Gasteiger partial charge in [-0.15, -0.1) is 0 Å². The average Bonchev–Trinajstić information content (AvgIpc) is 4.02. The van der Waals surface area contributed by atoms with Crippen molar-refractivity contribution in [3.63, 3.8) is 0 Å². The van der Waals surface area contributed by atoms with Crippen molar-refractivity contribution < 1.29 is 19.5 Å². The van der Waals surface area contributed by atoms with E-state index in [4.69, 9.17) is 15.7 Å². The number of hydroxylamine groups is 1. The molecule has 0 spiro atoms. The molecule has 3 saturated carbocycles. The Hall–Kier alpha value is -4.80. The van der Waals surface area contributed by atoms with Crippen LogP contribution in [0, 0.1) is 53.3 Å². The second-order valence-corrected chi connectivity index (χ2v) is 16.3. The molecule has 0 radical (unpaired) electrons. The third kappa shape index (κ3) is 8.72. The number of hydrogen-bond acceptors (Lipinski definition) is 14. The molecular weight excluding hydrogens is 723 g/mol. The monoisotopic (exact) mass is 777 g/mol. The van der Waals surface area contributed by atoms with E-state index in [9.17, 15) is 9.59 Å². The van der Waals surface area contributed by atoms with Gasteiger partial charge in [0.05, 0.1) is 17.7 Å². The third-order valence-corrected chi connectivity index (χ3v) is 13.0. The number of nitrogens with one attached hydrogen (secondary N) is 4. The van der Waals surface area contributed by atoms with Gasteiger partial charge in [0.25, 0.3) is 5.91 Å². The molecule has 3 aliphatic carbocycles. The molecule has 6 atom stereocenters. The van der Waals surface area contributed by atoms with Crippen molar-refractivity contribution in [3.05, 3.63) is 83.9 Å². The van der Waals surface area contributed by atoms with E-state index in [1.54, 1.807) is 12.4 Å². The molecule has 302 valence electrons. The average molecular weight is 778 g/mol. The summed E-state index contributed by atoms with van der Waals surface area (Å²) >= 11 is 0. The van der Waals surface area contributed by atoms with E-state index in [0.717, 1.165) is 63.6 Å². The summed E-state index contributed by atoms with van der Waals surface area (Å²) in [4.78, 5) is 44.2. The van der Waals surface area contributed by atoms with E-state index in [0.29, 0.717) is 59.6 Å². The minimum atomic E-state index is -0.599. The summed E-state index contributed by atoms with van der Waals surface area (Å²) in [5.74, 6) is 7.61. The molecule has 4 aromatic rings. The number of carbonyl (C=O) groups is 2. The van der Waals surface area contributed by atoms with Crippen LogP contribution in [0.15, 0.2) is 67.3 Å². The van der Waals surface area contributed by atoms with Crippen LogP contribution in [0.3, 0.4) is 0 Å². The maximum absolute atomic E-state index is 11.5. The maximum Gasteiger partial charge on any atom is 0.341 e. The Morgan fingerprint density at radius 3 is 1.91 bits per heavy atom. The molecule has 6 aliphatic rings. The highest BCUT2D eigenvalue weighted by Crippen LogP contribution is 2.52. The van der Waals surface area contributed by atoms with E-state index in [1.807, 2.05) is 7.05 Å². The highest BCUT2D eigenvalue weighted by molar-refractivity contribution is 5.92. The van der Waals surface area contributed by atoms with E-state index in [2.05, 4.69) is 88.2 Å². The fourth-order valence-corrected chi connectivity index (χ4v) is 9.57. The Kier molecular flexibility index (Phi) is 11.9. The van der Waals surface area contributed by atoms with Gasteiger partial charge in [0.1, 0.15) is 0 Å². The molecule has 3 saturated heterocycles. The Bertz CT molecular complexity index is 1970. The van der Waals surface area contributed by atoms with Crippen LogP contribution in [0.2, 0.25) is 0 Å². The third-order valence-electron chi connectivity index (χ3n) is 13.0. The molecule has 2 aromatic heterocycles. The summed E-state index contributed by atoms with van der Waals surface area (Å²) in [6, 6.07) is 15.1. The fourth-order valence-electron chi connectivity index (χ4n) is 9.57. The van der Waals surface area contributed by atoms with Crippen molar-refractivity contribution in [1.29, 1.82) is 0 Å². The van der Waals surface area contributed by atoms with Crippen LogP contribution in [-0.4, -0.2) is 110 Å². The lowest BCUT2D eigenvalue weighted by atomic mass is 10.1. The van der Waals surface area contributed by atoms with E-state index < -0.39 is 5.91 Å². The van der Waals surface area contributed by atoms with Gasteiger partial charge in [-0.25, -0.2) is 30.2 Å². The minimum Gasteiger partial charge on any atom is -0.462 e. The lowest BCUT2D eigenvalue weighted by Gasteiger charge is -2.19. The molecule has 0 bridgehead atoms. The molecule has 15 heteroatoms. The van der Waals surface area contributed by atoms with Crippen molar-refractivity contribution in [1.82, 2.24) is 41.4 Å². The number of nitrogens with two attached hydrogens (primary N) is 1. The van der Waals surface area contributed by atoms with Crippen LogP contribution < -0.4 is 37.0 Å². The van der Waals surface area contributed by atoms with Crippen molar-refractivity contribution in [3.8, 4) is 0 Å². The lowest BCUT2D eigenvalue weighted by Crippen LogP contribution is -2.29. The van der Waals surface area contributed by atoms with E-state index in [1.165, 1.54) is 60.8 Å². The number of piperidine rings is 3. The first-order valence-corrected chi connectivity index (χ1v) is 20.4. The second-order valence-electron chi connectivity index (χ2n) is 16.3. The van der Waals surface area contributed by atoms with Gasteiger partial charge in [-0.05, 0) is 122 Å². The minimum absolute atomic E-state index is 0.247. The number of carbonyl (C=O) groups excluding carboxylic acids is 2. The Morgan fingerprint density at radius 1 is 0.789 bits per heavy atom. The molecule has 1 amide bonds.